The smallest absolute Gasteiger partial charge is 0.340 e. The van der Waals surface area contributed by atoms with Gasteiger partial charge in [-0.2, -0.15) is 18.8 Å². The molecule has 0 amide bonds. The van der Waals surface area contributed by atoms with Gasteiger partial charge in [0.15, 0.2) is 0 Å². The van der Waals surface area contributed by atoms with Crippen molar-refractivity contribution in [1.29, 1.82) is 10.7 Å². The number of carbonyl (C=O) groups is 1. The van der Waals surface area contributed by atoms with E-state index >= 15 is 0 Å². The number of nitriles is 1. The highest BCUT2D eigenvalue weighted by atomic mass is 32.2. The normalized spacial score (nSPS) is 13.3. The van der Waals surface area contributed by atoms with Gasteiger partial charge in [0, 0.05) is 19.7 Å². The zero-order valence-electron chi connectivity index (χ0n) is 18.7. The fourth-order valence-corrected chi connectivity index (χ4v) is 4.12. The van der Waals surface area contributed by atoms with Crippen LogP contribution in [0.5, 0.6) is 11.5 Å². The lowest BCUT2D eigenvalue weighted by molar-refractivity contribution is -0.134. The molecule has 4 N–H and O–H groups in total. The van der Waals surface area contributed by atoms with Crippen molar-refractivity contribution in [1.82, 2.24) is 5.01 Å². The fraction of sp³-hybridized carbons (Fsp3) is 0.273. The van der Waals surface area contributed by atoms with Crippen LogP contribution in [0.25, 0.3) is 0 Å². The molecule has 3 rings (SSSR count). The number of hydrogen-bond acceptors (Lipinski definition) is 8. The third-order valence-electron chi connectivity index (χ3n) is 4.66. The third-order valence-corrected chi connectivity index (χ3v) is 5.97. The second kappa shape index (κ2) is 10.7. The summed E-state index contributed by atoms with van der Waals surface area (Å²) in [6, 6.07) is 12.4. The standard InChI is InChI=1S/C20H21N5O4S.C2H4O2/c1-14-9-16(28-13-20(7-8-20)25(24-2)19(22)23)11-17(10-14)29-30(26,27)18-6-4-3-5-15(18)12-21;1-2(3)4/h3-6,9-11H,2,7-8,13H2,1H3,(H3,22,23);1H3,(H,3,4). The van der Waals surface area contributed by atoms with Crippen LogP contribution in [0.15, 0.2) is 52.5 Å². The SMILES string of the molecule is C=NN(C(=N)N)C1(COc2cc(C)cc(OS(=O)(=O)c3ccccc3C#N)c2)CC1.CC(=O)O. The van der Waals surface area contributed by atoms with Gasteiger partial charge in [0.1, 0.15) is 34.6 Å². The van der Waals surface area contributed by atoms with E-state index < -0.39 is 21.6 Å². The van der Waals surface area contributed by atoms with E-state index in [0.717, 1.165) is 25.3 Å². The number of benzene rings is 2. The summed E-state index contributed by atoms with van der Waals surface area (Å²) in [6.45, 7) is 6.49. The number of guanidine groups is 1. The fourth-order valence-electron chi connectivity index (χ4n) is 3.05. The number of aryl methyl sites for hydroxylation is 1. The minimum atomic E-state index is -4.20. The number of hydrazone groups is 1. The second-order valence-electron chi connectivity index (χ2n) is 7.50. The number of ether oxygens (including phenoxy) is 1. The van der Waals surface area contributed by atoms with Crippen LogP contribution in [-0.2, 0) is 14.9 Å². The molecule has 12 heteroatoms. The van der Waals surface area contributed by atoms with Crippen molar-refractivity contribution in [2.45, 2.75) is 37.1 Å². The van der Waals surface area contributed by atoms with Gasteiger partial charge in [-0.1, -0.05) is 12.1 Å². The first-order valence-corrected chi connectivity index (χ1v) is 11.3. The number of carboxylic acids is 1. The molecule has 0 unspecified atom stereocenters. The first-order chi connectivity index (χ1) is 15.9. The molecule has 0 heterocycles. The van der Waals surface area contributed by atoms with Gasteiger partial charge in [-0.3, -0.25) is 10.2 Å². The van der Waals surface area contributed by atoms with Gasteiger partial charge in [0.25, 0.3) is 5.97 Å². The molecule has 0 aliphatic heterocycles. The average Bonchev–Trinajstić information content (AvgIpc) is 3.52. The van der Waals surface area contributed by atoms with Crippen LogP contribution in [0.4, 0.5) is 0 Å². The van der Waals surface area contributed by atoms with Crippen molar-refractivity contribution in [3.8, 4) is 17.6 Å². The summed E-state index contributed by atoms with van der Waals surface area (Å²) >= 11 is 0. The zero-order chi connectivity index (χ0) is 25.5. The molecule has 1 fully saturated rings. The van der Waals surface area contributed by atoms with Crippen LogP contribution in [0.2, 0.25) is 0 Å². The molecule has 180 valence electrons. The van der Waals surface area contributed by atoms with Gasteiger partial charge in [-0.15, -0.1) is 0 Å². The molecule has 1 aliphatic rings. The monoisotopic (exact) mass is 487 g/mol. The Hall–Kier alpha value is -4.11. The number of rotatable bonds is 8. The maximum absolute atomic E-state index is 12.7. The number of aliphatic carboxylic acids is 1. The Labute approximate surface area is 197 Å². The first kappa shape index (κ1) is 26.1. The molecule has 1 saturated carbocycles. The molecule has 1 aliphatic carbocycles. The predicted molar refractivity (Wildman–Crippen MR) is 124 cm³/mol. The minimum absolute atomic E-state index is 0.00134. The summed E-state index contributed by atoms with van der Waals surface area (Å²) in [5.74, 6) is -0.595. The van der Waals surface area contributed by atoms with Gasteiger partial charge in [-0.25, -0.2) is 5.01 Å². The zero-order valence-corrected chi connectivity index (χ0v) is 19.5. The highest BCUT2D eigenvalue weighted by molar-refractivity contribution is 7.87. The van der Waals surface area contributed by atoms with Crippen molar-refractivity contribution in [2.75, 3.05) is 6.61 Å². The molecule has 0 aromatic heterocycles. The lowest BCUT2D eigenvalue weighted by Crippen LogP contribution is -2.45. The Kier molecular flexibility index (Phi) is 8.21. The summed E-state index contributed by atoms with van der Waals surface area (Å²) in [5, 5.41) is 29.3. The Morgan fingerprint density at radius 3 is 2.44 bits per heavy atom. The Bertz CT molecular complexity index is 1230. The summed E-state index contributed by atoms with van der Waals surface area (Å²) in [4.78, 5) is 8.79. The molecule has 11 nitrogen and oxygen atoms in total. The quantitative estimate of drug-likeness (QED) is 0.218. The van der Waals surface area contributed by atoms with E-state index in [4.69, 9.17) is 35.2 Å². The number of nitrogens with two attached hydrogens (primary N) is 1. The van der Waals surface area contributed by atoms with E-state index in [9.17, 15) is 8.42 Å². The van der Waals surface area contributed by atoms with E-state index in [0.29, 0.717) is 5.75 Å². The molecule has 0 bridgehead atoms. The summed E-state index contributed by atoms with van der Waals surface area (Å²) < 4.78 is 36.4. The topological polar surface area (TPSA) is 179 Å². The Morgan fingerprint density at radius 2 is 1.91 bits per heavy atom. The van der Waals surface area contributed by atoms with Crippen molar-refractivity contribution in [2.24, 2.45) is 10.8 Å². The molecule has 2 aromatic rings. The largest absolute Gasteiger partial charge is 0.491 e. The van der Waals surface area contributed by atoms with Crippen LogP contribution < -0.4 is 14.7 Å². The van der Waals surface area contributed by atoms with E-state index in [1.54, 1.807) is 25.1 Å². The molecule has 0 spiro atoms. The van der Waals surface area contributed by atoms with Gasteiger partial charge in [-0.05, 0) is 49.6 Å². The van der Waals surface area contributed by atoms with Crippen LogP contribution >= 0.6 is 0 Å². The van der Waals surface area contributed by atoms with Gasteiger partial charge in [0.2, 0.25) is 5.96 Å². The molecule has 0 saturated heterocycles. The summed E-state index contributed by atoms with van der Waals surface area (Å²) in [5.41, 5.74) is 5.74. The lowest BCUT2D eigenvalue weighted by atomic mass is 10.2. The van der Waals surface area contributed by atoms with Crippen LogP contribution in [0.3, 0.4) is 0 Å². The average molecular weight is 488 g/mol. The summed E-state index contributed by atoms with van der Waals surface area (Å²) in [7, 11) is -4.20. The first-order valence-electron chi connectivity index (χ1n) is 9.92. The van der Waals surface area contributed by atoms with Crippen molar-refractivity contribution < 1.29 is 27.2 Å². The van der Waals surface area contributed by atoms with Crippen molar-refractivity contribution in [3.05, 3.63) is 53.6 Å². The van der Waals surface area contributed by atoms with Crippen molar-refractivity contribution >= 4 is 28.8 Å². The number of nitrogens with zero attached hydrogens (tertiary/aromatic N) is 3. The molecule has 34 heavy (non-hydrogen) atoms. The van der Waals surface area contributed by atoms with Crippen LogP contribution in [0, 0.1) is 23.7 Å². The molecule has 0 radical (unpaired) electrons. The van der Waals surface area contributed by atoms with Crippen LogP contribution in [0.1, 0.15) is 30.9 Å². The van der Waals surface area contributed by atoms with Crippen LogP contribution in [-0.4, -0.2) is 49.3 Å². The number of carboxylic acid groups (broad SMARTS) is 1. The Balaban J connectivity index is 0.000000945. The molecule has 2 aromatic carbocycles. The van der Waals surface area contributed by atoms with E-state index in [2.05, 4.69) is 11.8 Å². The van der Waals surface area contributed by atoms with Gasteiger partial charge >= 0.3 is 10.1 Å². The predicted octanol–water partition coefficient (Wildman–Crippen LogP) is 2.45. The maximum Gasteiger partial charge on any atom is 0.340 e. The third kappa shape index (κ3) is 6.69. The highest BCUT2D eigenvalue weighted by Gasteiger charge is 2.50. The van der Waals surface area contributed by atoms with Crippen molar-refractivity contribution in [3.63, 3.8) is 0 Å². The lowest BCUT2D eigenvalue weighted by Gasteiger charge is -2.27. The van der Waals surface area contributed by atoms with Gasteiger partial charge < -0.3 is 19.8 Å². The molecular formula is C22H25N5O6S. The maximum atomic E-state index is 12.7. The minimum Gasteiger partial charge on any atom is -0.491 e. The molecule has 0 atom stereocenters. The molecular weight excluding hydrogens is 462 g/mol. The van der Waals surface area contributed by atoms with E-state index in [1.165, 1.54) is 29.3 Å². The number of nitrogens with one attached hydrogen (secondary N) is 1. The van der Waals surface area contributed by atoms with Gasteiger partial charge in [0.05, 0.1) is 5.56 Å². The van der Waals surface area contributed by atoms with E-state index in [1.807, 2.05) is 6.07 Å². The second-order valence-corrected chi connectivity index (χ2v) is 9.01. The number of hydrogen-bond donors (Lipinski definition) is 3. The summed E-state index contributed by atoms with van der Waals surface area (Å²) in [6.07, 6.45) is 1.47. The van der Waals surface area contributed by atoms with E-state index in [-0.39, 0.29) is 28.8 Å². The Morgan fingerprint density at radius 1 is 1.32 bits per heavy atom. The highest BCUT2D eigenvalue weighted by Crippen LogP contribution is 2.42.